The summed E-state index contributed by atoms with van der Waals surface area (Å²) >= 11 is 0. The largest absolute Gasteiger partial charge is 0.349 e. The van der Waals surface area contributed by atoms with Gasteiger partial charge in [-0.2, -0.15) is 0 Å². The van der Waals surface area contributed by atoms with Crippen LogP contribution in [0.1, 0.15) is 24.1 Å². The molecule has 0 saturated heterocycles. The molecule has 0 fully saturated rings. The summed E-state index contributed by atoms with van der Waals surface area (Å²) in [6.07, 6.45) is -0.128. The number of nitro benzene ring substituents is 1. The molecule has 0 aliphatic carbocycles. The van der Waals surface area contributed by atoms with Crippen LogP contribution in [0.3, 0.4) is 0 Å². The maximum Gasteiger partial charge on any atom is 0.273 e. The van der Waals surface area contributed by atoms with Gasteiger partial charge in [-0.3, -0.25) is 14.9 Å². The topological polar surface area (TPSA) is 132 Å². The van der Waals surface area contributed by atoms with Crippen molar-refractivity contribution in [1.82, 2.24) is 5.32 Å². The predicted octanol–water partition coefficient (Wildman–Crippen LogP) is 1.66. The molecule has 0 aliphatic rings. The molecule has 3 N–H and O–H groups in total. The fourth-order valence-electron chi connectivity index (χ4n) is 2.33. The Balaban J connectivity index is 2.07. The van der Waals surface area contributed by atoms with Gasteiger partial charge in [0.1, 0.15) is 0 Å². The van der Waals surface area contributed by atoms with Crippen molar-refractivity contribution >= 4 is 21.6 Å². The number of nitrogens with one attached hydrogen (secondary N) is 1. The lowest BCUT2D eigenvalue weighted by Crippen LogP contribution is -2.28. The normalized spacial score (nSPS) is 12.4. The zero-order chi connectivity index (χ0) is 18.6. The van der Waals surface area contributed by atoms with Crippen LogP contribution >= 0.6 is 0 Å². The summed E-state index contributed by atoms with van der Waals surface area (Å²) in [5.74, 6) is -0.377. The molecule has 0 bridgehead atoms. The first-order chi connectivity index (χ1) is 11.7. The van der Waals surface area contributed by atoms with Gasteiger partial charge in [0.05, 0.1) is 22.3 Å². The Kier molecular flexibility index (Phi) is 5.50. The van der Waals surface area contributed by atoms with Crippen LogP contribution in [0.2, 0.25) is 0 Å². The molecule has 0 heterocycles. The van der Waals surface area contributed by atoms with Crippen LogP contribution in [-0.4, -0.2) is 19.2 Å². The Labute approximate surface area is 144 Å². The van der Waals surface area contributed by atoms with Gasteiger partial charge in [0.25, 0.3) is 5.69 Å². The fourth-order valence-corrected chi connectivity index (χ4v) is 2.85. The molecular weight excluding hydrogens is 346 g/mol. The molecule has 9 heteroatoms. The first-order valence-electron chi connectivity index (χ1n) is 7.33. The highest BCUT2D eigenvalue weighted by Gasteiger charge is 2.17. The van der Waals surface area contributed by atoms with Gasteiger partial charge in [-0.25, -0.2) is 13.6 Å². The van der Waals surface area contributed by atoms with Crippen LogP contribution in [0.25, 0.3) is 0 Å². The number of nitro groups is 1. The smallest absolute Gasteiger partial charge is 0.273 e. The molecule has 0 saturated carbocycles. The lowest BCUT2D eigenvalue weighted by Gasteiger charge is -2.15. The van der Waals surface area contributed by atoms with Gasteiger partial charge in [-0.05, 0) is 24.6 Å². The number of hydrogen-bond donors (Lipinski definition) is 2. The third-order valence-electron chi connectivity index (χ3n) is 3.63. The summed E-state index contributed by atoms with van der Waals surface area (Å²) in [4.78, 5) is 22.6. The van der Waals surface area contributed by atoms with E-state index in [4.69, 9.17) is 5.14 Å². The number of para-hydroxylation sites is 1. The van der Waals surface area contributed by atoms with Gasteiger partial charge in [0.2, 0.25) is 15.9 Å². The first kappa shape index (κ1) is 18.6. The lowest BCUT2D eigenvalue weighted by atomic mass is 10.1. The Morgan fingerprint density at radius 2 is 1.80 bits per heavy atom. The van der Waals surface area contributed by atoms with Crippen molar-refractivity contribution in [2.75, 3.05) is 0 Å². The Morgan fingerprint density at radius 1 is 1.20 bits per heavy atom. The van der Waals surface area contributed by atoms with E-state index in [1.165, 1.54) is 30.3 Å². The summed E-state index contributed by atoms with van der Waals surface area (Å²) in [7, 11) is -3.77. The molecule has 0 spiro atoms. The number of amides is 1. The zero-order valence-electron chi connectivity index (χ0n) is 13.4. The van der Waals surface area contributed by atoms with E-state index in [0.717, 1.165) is 0 Å². The van der Waals surface area contributed by atoms with Crippen LogP contribution in [0.5, 0.6) is 0 Å². The van der Waals surface area contributed by atoms with Crippen LogP contribution < -0.4 is 10.5 Å². The van der Waals surface area contributed by atoms with E-state index in [1.54, 1.807) is 25.1 Å². The van der Waals surface area contributed by atoms with Gasteiger partial charge in [0, 0.05) is 11.6 Å². The first-order valence-corrected chi connectivity index (χ1v) is 8.87. The van der Waals surface area contributed by atoms with Crippen molar-refractivity contribution in [3.63, 3.8) is 0 Å². The molecule has 0 aromatic heterocycles. The molecule has 8 nitrogen and oxygen atoms in total. The number of nitrogens with zero attached hydrogens (tertiary/aromatic N) is 1. The van der Waals surface area contributed by atoms with Crippen LogP contribution in [-0.2, 0) is 21.2 Å². The van der Waals surface area contributed by atoms with Crippen molar-refractivity contribution in [1.29, 1.82) is 0 Å². The Bertz CT molecular complexity index is 894. The van der Waals surface area contributed by atoms with E-state index in [-0.39, 0.29) is 22.9 Å². The molecule has 132 valence electrons. The van der Waals surface area contributed by atoms with Crippen molar-refractivity contribution in [3.05, 3.63) is 69.8 Å². The number of carbonyl (C=O) groups is 1. The van der Waals surface area contributed by atoms with Crippen molar-refractivity contribution < 1.29 is 18.1 Å². The van der Waals surface area contributed by atoms with E-state index >= 15 is 0 Å². The SMILES string of the molecule is CC(NC(=O)Cc1ccccc1[N+](=O)[O-])c1ccc(S(N)(=O)=O)cc1. The summed E-state index contributed by atoms with van der Waals surface area (Å²) in [5, 5.41) is 18.7. The molecule has 0 aliphatic heterocycles. The van der Waals surface area contributed by atoms with Crippen LogP contribution in [0.4, 0.5) is 5.69 Å². The third-order valence-corrected chi connectivity index (χ3v) is 4.55. The number of benzene rings is 2. The number of rotatable bonds is 6. The monoisotopic (exact) mass is 363 g/mol. The molecule has 0 radical (unpaired) electrons. The van der Waals surface area contributed by atoms with Gasteiger partial charge < -0.3 is 5.32 Å². The summed E-state index contributed by atoms with van der Waals surface area (Å²) < 4.78 is 22.5. The molecule has 1 amide bonds. The highest BCUT2D eigenvalue weighted by atomic mass is 32.2. The van der Waals surface area contributed by atoms with Gasteiger partial charge in [0.15, 0.2) is 0 Å². The average molecular weight is 363 g/mol. The van der Waals surface area contributed by atoms with Gasteiger partial charge in [-0.15, -0.1) is 0 Å². The van der Waals surface area contributed by atoms with Crippen molar-refractivity contribution in [3.8, 4) is 0 Å². The van der Waals surface area contributed by atoms with E-state index in [9.17, 15) is 23.3 Å². The highest BCUT2D eigenvalue weighted by molar-refractivity contribution is 7.89. The second-order valence-electron chi connectivity index (χ2n) is 5.47. The maximum absolute atomic E-state index is 12.1. The van der Waals surface area contributed by atoms with Crippen LogP contribution in [0.15, 0.2) is 53.4 Å². The number of primary sulfonamides is 1. The molecular formula is C16H17N3O5S. The Hall–Kier alpha value is -2.78. The fraction of sp³-hybridized carbons (Fsp3) is 0.188. The van der Waals surface area contributed by atoms with E-state index in [2.05, 4.69) is 5.32 Å². The minimum absolute atomic E-state index is 0.0188. The molecule has 2 aromatic rings. The minimum atomic E-state index is -3.77. The van der Waals surface area contributed by atoms with E-state index in [1.807, 2.05) is 0 Å². The number of sulfonamides is 1. The third kappa shape index (κ3) is 4.85. The minimum Gasteiger partial charge on any atom is -0.349 e. The Morgan fingerprint density at radius 3 is 2.36 bits per heavy atom. The zero-order valence-corrected chi connectivity index (χ0v) is 14.2. The van der Waals surface area contributed by atoms with Gasteiger partial charge >= 0.3 is 0 Å². The molecule has 2 rings (SSSR count). The standard InChI is InChI=1S/C16H17N3O5S/c1-11(12-6-8-14(9-7-12)25(17,23)24)18-16(20)10-13-4-2-3-5-15(13)19(21)22/h2-9,11H,10H2,1H3,(H,18,20)(H2,17,23,24). The number of carbonyl (C=O) groups excluding carboxylic acids is 1. The average Bonchev–Trinajstić information content (AvgIpc) is 2.54. The molecule has 1 atom stereocenters. The van der Waals surface area contributed by atoms with E-state index in [0.29, 0.717) is 11.1 Å². The lowest BCUT2D eigenvalue weighted by molar-refractivity contribution is -0.385. The maximum atomic E-state index is 12.1. The second-order valence-corrected chi connectivity index (χ2v) is 7.03. The van der Waals surface area contributed by atoms with Gasteiger partial charge in [-0.1, -0.05) is 30.3 Å². The predicted molar refractivity (Wildman–Crippen MR) is 91.2 cm³/mol. The number of hydrogen-bond acceptors (Lipinski definition) is 5. The number of nitrogens with two attached hydrogens (primary N) is 1. The van der Waals surface area contributed by atoms with Crippen LogP contribution in [0, 0.1) is 10.1 Å². The summed E-state index contributed by atoms with van der Waals surface area (Å²) in [6, 6.07) is 11.5. The molecule has 2 aromatic carbocycles. The summed E-state index contributed by atoms with van der Waals surface area (Å²) in [5.41, 5.74) is 0.896. The molecule has 1 unspecified atom stereocenters. The summed E-state index contributed by atoms with van der Waals surface area (Å²) in [6.45, 7) is 1.73. The van der Waals surface area contributed by atoms with E-state index < -0.39 is 21.0 Å². The quantitative estimate of drug-likeness (QED) is 0.595. The van der Waals surface area contributed by atoms with Crippen molar-refractivity contribution in [2.24, 2.45) is 5.14 Å². The second kappa shape index (κ2) is 7.41. The highest BCUT2D eigenvalue weighted by Crippen LogP contribution is 2.19. The van der Waals surface area contributed by atoms with Crippen molar-refractivity contribution in [2.45, 2.75) is 24.3 Å². The molecule has 25 heavy (non-hydrogen) atoms.